The van der Waals surface area contributed by atoms with Crippen molar-refractivity contribution in [3.8, 4) is 5.75 Å². The standard InChI is InChI=1S/C26H30FN7O2/c1-26(2,3)34-24(29-30-31-34)23(21-16-17-15-20(36-4)9-10-22(17)28-25(21)35)33-13-11-32(12-14-33)19-7-5-18(27)6-8-19/h5-10,15-16,23H,11-14H2,1-4H3,(H,28,35)/t23-/m0/s1. The van der Waals surface area contributed by atoms with Gasteiger partial charge >= 0.3 is 0 Å². The number of methoxy groups -OCH3 is 1. The fourth-order valence-electron chi connectivity index (χ4n) is 4.76. The van der Waals surface area contributed by atoms with Crippen molar-refractivity contribution in [3.63, 3.8) is 0 Å². The van der Waals surface area contributed by atoms with Gasteiger partial charge in [0.25, 0.3) is 5.56 Å². The molecule has 188 valence electrons. The maximum Gasteiger partial charge on any atom is 0.253 e. The predicted molar refractivity (Wildman–Crippen MR) is 136 cm³/mol. The summed E-state index contributed by atoms with van der Waals surface area (Å²) in [6.45, 7) is 8.89. The van der Waals surface area contributed by atoms with Crippen molar-refractivity contribution in [2.45, 2.75) is 32.4 Å². The predicted octanol–water partition coefficient (Wildman–Crippen LogP) is 3.33. The van der Waals surface area contributed by atoms with Gasteiger partial charge in [0.2, 0.25) is 0 Å². The van der Waals surface area contributed by atoms with Crippen LogP contribution in [0.15, 0.2) is 53.3 Å². The molecule has 0 unspecified atom stereocenters. The first-order valence-electron chi connectivity index (χ1n) is 12.0. The van der Waals surface area contributed by atoms with Crippen molar-refractivity contribution in [1.82, 2.24) is 30.1 Å². The molecule has 3 heterocycles. The van der Waals surface area contributed by atoms with Gasteiger partial charge in [-0.1, -0.05) is 0 Å². The third-order valence-corrected chi connectivity index (χ3v) is 6.62. The van der Waals surface area contributed by atoms with Gasteiger partial charge in [-0.2, -0.15) is 0 Å². The van der Waals surface area contributed by atoms with Crippen LogP contribution in [-0.2, 0) is 5.54 Å². The molecule has 10 heteroatoms. The molecule has 4 aromatic rings. The number of anilines is 1. The van der Waals surface area contributed by atoms with E-state index in [1.165, 1.54) is 12.1 Å². The normalized spacial score (nSPS) is 15.9. The molecule has 0 saturated carbocycles. The molecule has 1 aliphatic rings. The van der Waals surface area contributed by atoms with E-state index in [0.29, 0.717) is 30.2 Å². The molecule has 2 aromatic carbocycles. The highest BCUT2D eigenvalue weighted by Crippen LogP contribution is 2.31. The monoisotopic (exact) mass is 491 g/mol. The van der Waals surface area contributed by atoms with E-state index in [9.17, 15) is 9.18 Å². The first-order valence-corrected chi connectivity index (χ1v) is 12.0. The van der Waals surface area contributed by atoms with E-state index in [-0.39, 0.29) is 16.9 Å². The lowest BCUT2D eigenvalue weighted by Crippen LogP contribution is -2.49. The Bertz CT molecular complexity index is 1420. The molecule has 0 amide bonds. The van der Waals surface area contributed by atoms with Crippen LogP contribution in [0, 0.1) is 5.82 Å². The number of hydrogen-bond acceptors (Lipinski definition) is 7. The average molecular weight is 492 g/mol. The molecule has 0 bridgehead atoms. The largest absolute Gasteiger partial charge is 0.497 e. The number of ether oxygens (including phenoxy) is 1. The number of hydrogen-bond donors (Lipinski definition) is 1. The number of nitrogens with one attached hydrogen (secondary N) is 1. The van der Waals surface area contributed by atoms with Crippen LogP contribution < -0.4 is 15.2 Å². The lowest BCUT2D eigenvalue weighted by atomic mass is 10.0. The van der Waals surface area contributed by atoms with E-state index >= 15 is 0 Å². The Labute approximate surface area is 208 Å². The van der Waals surface area contributed by atoms with Crippen molar-refractivity contribution >= 4 is 16.6 Å². The summed E-state index contributed by atoms with van der Waals surface area (Å²) in [5.74, 6) is 1.08. The molecule has 1 atom stereocenters. The molecule has 5 rings (SSSR count). The van der Waals surface area contributed by atoms with E-state index in [1.54, 1.807) is 23.9 Å². The average Bonchev–Trinajstić information content (AvgIpc) is 3.35. The van der Waals surface area contributed by atoms with Gasteiger partial charge in [-0.3, -0.25) is 9.69 Å². The Morgan fingerprint density at radius 1 is 1.03 bits per heavy atom. The van der Waals surface area contributed by atoms with Crippen LogP contribution in [0.25, 0.3) is 10.9 Å². The van der Waals surface area contributed by atoms with Gasteiger partial charge in [0.05, 0.1) is 12.6 Å². The van der Waals surface area contributed by atoms with Crippen LogP contribution in [0.5, 0.6) is 5.75 Å². The Morgan fingerprint density at radius 3 is 2.42 bits per heavy atom. The Hall–Kier alpha value is -3.79. The highest BCUT2D eigenvalue weighted by molar-refractivity contribution is 5.80. The minimum atomic E-state index is -0.450. The number of aromatic nitrogens is 5. The van der Waals surface area contributed by atoms with Crippen molar-refractivity contribution in [3.05, 3.63) is 76.1 Å². The molecule has 9 nitrogen and oxygen atoms in total. The molecule has 36 heavy (non-hydrogen) atoms. The molecule has 0 spiro atoms. The van der Waals surface area contributed by atoms with Crippen molar-refractivity contribution < 1.29 is 9.13 Å². The number of pyridine rings is 1. The number of rotatable bonds is 5. The lowest BCUT2D eigenvalue weighted by Gasteiger charge is -2.40. The fourth-order valence-corrected chi connectivity index (χ4v) is 4.76. The highest BCUT2D eigenvalue weighted by Gasteiger charge is 2.35. The zero-order valence-corrected chi connectivity index (χ0v) is 20.9. The van der Waals surface area contributed by atoms with Gasteiger partial charge in [0.15, 0.2) is 5.82 Å². The number of fused-ring (bicyclic) bond motifs is 1. The molecule has 1 N–H and O–H groups in total. The first-order chi connectivity index (χ1) is 17.2. The highest BCUT2D eigenvalue weighted by atomic mass is 19.1. The van der Waals surface area contributed by atoms with E-state index in [4.69, 9.17) is 4.74 Å². The summed E-state index contributed by atoms with van der Waals surface area (Å²) >= 11 is 0. The van der Waals surface area contributed by atoms with Crippen LogP contribution in [0.4, 0.5) is 10.1 Å². The van der Waals surface area contributed by atoms with Gasteiger partial charge in [0.1, 0.15) is 17.6 Å². The summed E-state index contributed by atoms with van der Waals surface area (Å²) in [5, 5.41) is 13.5. The molecule has 0 radical (unpaired) electrons. The SMILES string of the molecule is COc1ccc2[nH]c(=O)c([C@@H](c3nnnn3C(C)(C)C)N3CCN(c4ccc(F)cc4)CC3)cc2c1. The zero-order valence-electron chi connectivity index (χ0n) is 20.9. The minimum absolute atomic E-state index is 0.179. The fraction of sp³-hybridized carbons (Fsp3) is 0.385. The number of piperazine rings is 1. The minimum Gasteiger partial charge on any atom is -0.497 e. The van der Waals surface area contributed by atoms with E-state index in [0.717, 1.165) is 29.7 Å². The summed E-state index contributed by atoms with van der Waals surface area (Å²) in [6, 6.07) is 13.6. The number of benzene rings is 2. The van der Waals surface area contributed by atoms with Crippen LogP contribution in [-0.4, -0.2) is 63.4 Å². The number of aromatic amines is 1. The van der Waals surface area contributed by atoms with Crippen LogP contribution >= 0.6 is 0 Å². The Morgan fingerprint density at radius 2 is 1.75 bits per heavy atom. The smallest absolute Gasteiger partial charge is 0.253 e. The molecule has 1 saturated heterocycles. The summed E-state index contributed by atoms with van der Waals surface area (Å²) in [4.78, 5) is 20.9. The third-order valence-electron chi connectivity index (χ3n) is 6.62. The van der Waals surface area contributed by atoms with Crippen LogP contribution in [0.3, 0.4) is 0 Å². The Balaban J connectivity index is 1.56. The summed E-state index contributed by atoms with van der Waals surface area (Å²) < 4.78 is 20.6. The Kier molecular flexibility index (Phi) is 6.21. The van der Waals surface area contributed by atoms with Crippen LogP contribution in [0.2, 0.25) is 0 Å². The maximum atomic E-state index is 13.4. The lowest BCUT2D eigenvalue weighted by molar-refractivity contribution is 0.190. The van der Waals surface area contributed by atoms with E-state index in [1.807, 2.05) is 45.0 Å². The molecule has 1 aliphatic heterocycles. The number of H-pyrrole nitrogens is 1. The third kappa shape index (κ3) is 4.56. The second kappa shape index (κ2) is 9.34. The first kappa shape index (κ1) is 23.9. The number of halogens is 1. The number of tetrazole rings is 1. The summed E-state index contributed by atoms with van der Waals surface area (Å²) in [6.07, 6.45) is 0. The van der Waals surface area contributed by atoms with Crippen molar-refractivity contribution in [1.29, 1.82) is 0 Å². The summed E-state index contributed by atoms with van der Waals surface area (Å²) in [5.41, 5.74) is 1.73. The van der Waals surface area contributed by atoms with Gasteiger partial charge < -0.3 is 14.6 Å². The second-order valence-corrected chi connectivity index (χ2v) is 10.0. The number of nitrogens with zero attached hydrogens (tertiary/aromatic N) is 6. The topological polar surface area (TPSA) is 92.2 Å². The van der Waals surface area contributed by atoms with Crippen molar-refractivity contribution in [2.75, 3.05) is 38.2 Å². The van der Waals surface area contributed by atoms with Crippen molar-refractivity contribution in [2.24, 2.45) is 0 Å². The zero-order chi connectivity index (χ0) is 25.4. The molecule has 1 fully saturated rings. The second-order valence-electron chi connectivity index (χ2n) is 10.0. The molecule has 2 aromatic heterocycles. The maximum absolute atomic E-state index is 13.4. The van der Waals surface area contributed by atoms with E-state index < -0.39 is 6.04 Å². The van der Waals surface area contributed by atoms with Gasteiger partial charge in [0, 0.05) is 48.3 Å². The molecular weight excluding hydrogens is 461 g/mol. The van der Waals surface area contributed by atoms with Gasteiger partial charge in [-0.25, -0.2) is 9.07 Å². The van der Waals surface area contributed by atoms with Gasteiger partial charge in [-0.05, 0) is 79.7 Å². The van der Waals surface area contributed by atoms with Crippen LogP contribution in [0.1, 0.15) is 38.2 Å². The van der Waals surface area contributed by atoms with Gasteiger partial charge in [-0.15, -0.1) is 5.10 Å². The quantitative estimate of drug-likeness (QED) is 0.458. The molecule has 0 aliphatic carbocycles. The van der Waals surface area contributed by atoms with E-state index in [2.05, 4.69) is 30.3 Å². The summed E-state index contributed by atoms with van der Waals surface area (Å²) in [7, 11) is 1.62. The molecular formula is C26H30FN7O2.